The Bertz CT molecular complexity index is 2640. The van der Waals surface area contributed by atoms with E-state index in [-0.39, 0.29) is 0 Å². The Balaban J connectivity index is 1.16. The van der Waals surface area contributed by atoms with Crippen LogP contribution in [0.2, 0.25) is 0 Å². The van der Waals surface area contributed by atoms with E-state index < -0.39 is 0 Å². The van der Waals surface area contributed by atoms with Gasteiger partial charge in [-0.1, -0.05) is 121 Å². The molecule has 0 amide bonds. The summed E-state index contributed by atoms with van der Waals surface area (Å²) in [6.07, 6.45) is 0. The van der Waals surface area contributed by atoms with Gasteiger partial charge in [0.1, 0.15) is 11.5 Å². The van der Waals surface area contributed by atoms with E-state index in [2.05, 4.69) is 168 Å². The maximum absolute atomic E-state index is 6.37. The van der Waals surface area contributed by atoms with Crippen molar-refractivity contribution in [3.8, 4) is 50.6 Å². The Labute approximate surface area is 266 Å². The van der Waals surface area contributed by atoms with Crippen LogP contribution in [0.3, 0.4) is 0 Å². The number of hydrogen-bond donors (Lipinski definition) is 0. The molecule has 0 unspecified atom stereocenters. The van der Waals surface area contributed by atoms with Gasteiger partial charge in [-0.05, 0) is 86.4 Å². The molecule has 0 fully saturated rings. The lowest BCUT2D eigenvalue weighted by atomic mass is 9.90. The van der Waals surface area contributed by atoms with E-state index in [4.69, 9.17) is 4.74 Å². The molecule has 0 atom stereocenters. The first kappa shape index (κ1) is 25.2. The van der Waals surface area contributed by atoms with Crippen molar-refractivity contribution in [3.05, 3.63) is 164 Å². The van der Waals surface area contributed by atoms with Gasteiger partial charge < -0.3 is 9.30 Å². The van der Waals surface area contributed by atoms with Crippen molar-refractivity contribution in [1.82, 2.24) is 4.57 Å². The maximum atomic E-state index is 6.37. The quantitative estimate of drug-likeness (QED) is 0.201. The van der Waals surface area contributed by atoms with Crippen LogP contribution in [0.1, 0.15) is 0 Å². The number of benzene rings is 8. The largest absolute Gasteiger partial charge is 0.456 e. The minimum Gasteiger partial charge on any atom is -0.456 e. The summed E-state index contributed by atoms with van der Waals surface area (Å²) in [6, 6.07) is 59.0. The minimum atomic E-state index is 0.902. The number of aromatic nitrogens is 1. The van der Waals surface area contributed by atoms with Crippen LogP contribution in [0.4, 0.5) is 0 Å². The Kier molecular flexibility index (Phi) is 5.31. The standard InChI is InChI=1S/C44H27NO/c1-2-13-33(14-3-1)45-38-18-7-6-16-36(38)44-39(45)27-32-10-4-5-15-34(32)43(44)30-22-20-28(21-23-30)31-24-25-40-37(26-31)35-17-8-11-29-12-9-19-41(46-40)42(29)35/h1-27H. The van der Waals surface area contributed by atoms with E-state index in [1.54, 1.807) is 0 Å². The number of para-hydroxylation sites is 2. The highest BCUT2D eigenvalue weighted by Crippen LogP contribution is 2.48. The fourth-order valence-corrected chi connectivity index (χ4v) is 7.52. The Morgan fingerprint density at radius 3 is 1.96 bits per heavy atom. The average Bonchev–Trinajstić information content (AvgIpc) is 3.45. The third kappa shape index (κ3) is 3.65. The second-order valence-corrected chi connectivity index (χ2v) is 12.1. The third-order valence-corrected chi connectivity index (χ3v) is 9.56. The summed E-state index contributed by atoms with van der Waals surface area (Å²) in [5.41, 5.74) is 10.8. The van der Waals surface area contributed by atoms with Gasteiger partial charge in [0.2, 0.25) is 0 Å². The fraction of sp³-hybridized carbons (Fsp3) is 0. The van der Waals surface area contributed by atoms with Gasteiger partial charge in [-0.3, -0.25) is 0 Å². The summed E-state index contributed by atoms with van der Waals surface area (Å²) in [6.45, 7) is 0. The molecule has 0 saturated carbocycles. The molecule has 1 aliphatic heterocycles. The molecule has 0 radical (unpaired) electrons. The highest BCUT2D eigenvalue weighted by Gasteiger charge is 2.21. The molecule has 46 heavy (non-hydrogen) atoms. The van der Waals surface area contributed by atoms with Gasteiger partial charge in [0.05, 0.1) is 11.0 Å². The zero-order valence-corrected chi connectivity index (χ0v) is 24.9. The smallest absolute Gasteiger partial charge is 0.135 e. The van der Waals surface area contributed by atoms with E-state index in [1.165, 1.54) is 76.9 Å². The highest BCUT2D eigenvalue weighted by atomic mass is 16.5. The fourth-order valence-electron chi connectivity index (χ4n) is 7.52. The zero-order chi connectivity index (χ0) is 30.2. The monoisotopic (exact) mass is 585 g/mol. The molecule has 2 heteroatoms. The SMILES string of the molecule is c1ccc(-n2c3ccccc3c3c(-c4ccc(-c5ccc6c(c5)-c5cccc7cccc(c57)O6)cc4)c4ccccc4cc32)cc1. The van der Waals surface area contributed by atoms with Crippen molar-refractivity contribution in [2.75, 3.05) is 0 Å². The molecule has 0 spiro atoms. The summed E-state index contributed by atoms with van der Waals surface area (Å²) in [5, 5.41) is 7.42. The second kappa shape index (κ2) is 9.69. The van der Waals surface area contributed by atoms with Crippen LogP contribution in [0.15, 0.2) is 164 Å². The lowest BCUT2D eigenvalue weighted by Crippen LogP contribution is -1.97. The van der Waals surface area contributed by atoms with Gasteiger partial charge in [-0.25, -0.2) is 0 Å². The Hall–Kier alpha value is -6.12. The summed E-state index contributed by atoms with van der Waals surface area (Å²) >= 11 is 0. The van der Waals surface area contributed by atoms with E-state index in [9.17, 15) is 0 Å². The first-order valence-corrected chi connectivity index (χ1v) is 15.8. The van der Waals surface area contributed by atoms with Crippen LogP contribution in [-0.2, 0) is 0 Å². The van der Waals surface area contributed by atoms with Crippen molar-refractivity contribution in [3.63, 3.8) is 0 Å². The molecule has 9 aromatic rings. The van der Waals surface area contributed by atoms with Crippen LogP contribution in [0, 0.1) is 0 Å². The molecule has 2 nitrogen and oxygen atoms in total. The van der Waals surface area contributed by atoms with Crippen LogP contribution in [0.5, 0.6) is 11.5 Å². The van der Waals surface area contributed by atoms with E-state index >= 15 is 0 Å². The molecule has 0 N–H and O–H groups in total. The molecule has 214 valence electrons. The second-order valence-electron chi connectivity index (χ2n) is 12.1. The molecular weight excluding hydrogens is 558 g/mol. The lowest BCUT2D eigenvalue weighted by Gasteiger charge is -2.22. The molecular formula is C44H27NO. The average molecular weight is 586 g/mol. The van der Waals surface area contributed by atoms with Crippen LogP contribution < -0.4 is 4.74 Å². The van der Waals surface area contributed by atoms with Crippen LogP contribution in [0.25, 0.3) is 82.4 Å². The molecule has 2 heterocycles. The first-order chi connectivity index (χ1) is 22.8. The van der Waals surface area contributed by atoms with Crippen molar-refractivity contribution in [2.45, 2.75) is 0 Å². The predicted octanol–water partition coefficient (Wildman–Crippen LogP) is 12.2. The van der Waals surface area contributed by atoms with Gasteiger partial charge in [-0.15, -0.1) is 0 Å². The molecule has 8 aromatic carbocycles. The number of ether oxygens (including phenoxy) is 1. The summed E-state index contributed by atoms with van der Waals surface area (Å²) in [5.74, 6) is 1.83. The number of nitrogens with zero attached hydrogens (tertiary/aromatic N) is 1. The number of hydrogen-bond acceptors (Lipinski definition) is 1. The van der Waals surface area contributed by atoms with Gasteiger partial charge in [-0.2, -0.15) is 0 Å². The van der Waals surface area contributed by atoms with Crippen molar-refractivity contribution >= 4 is 43.4 Å². The van der Waals surface area contributed by atoms with Crippen LogP contribution in [-0.4, -0.2) is 4.57 Å². The number of fused-ring (bicyclic) bond motifs is 6. The van der Waals surface area contributed by atoms with Gasteiger partial charge in [0, 0.05) is 27.4 Å². The molecule has 0 bridgehead atoms. The molecule has 1 aromatic heterocycles. The topological polar surface area (TPSA) is 14.2 Å². The predicted molar refractivity (Wildman–Crippen MR) is 192 cm³/mol. The number of rotatable bonds is 3. The highest BCUT2D eigenvalue weighted by molar-refractivity contribution is 6.23. The van der Waals surface area contributed by atoms with Gasteiger partial charge in [0.15, 0.2) is 0 Å². The van der Waals surface area contributed by atoms with Crippen molar-refractivity contribution < 1.29 is 4.74 Å². The maximum Gasteiger partial charge on any atom is 0.135 e. The Morgan fingerprint density at radius 1 is 0.391 bits per heavy atom. The van der Waals surface area contributed by atoms with E-state index in [0.29, 0.717) is 0 Å². The lowest BCUT2D eigenvalue weighted by molar-refractivity contribution is 0.487. The van der Waals surface area contributed by atoms with Crippen molar-refractivity contribution in [2.24, 2.45) is 0 Å². The molecule has 0 aliphatic carbocycles. The van der Waals surface area contributed by atoms with E-state index in [1.807, 2.05) is 0 Å². The summed E-state index contributed by atoms with van der Waals surface area (Å²) in [7, 11) is 0. The first-order valence-electron chi connectivity index (χ1n) is 15.8. The summed E-state index contributed by atoms with van der Waals surface area (Å²) < 4.78 is 8.77. The van der Waals surface area contributed by atoms with Crippen molar-refractivity contribution in [1.29, 1.82) is 0 Å². The Morgan fingerprint density at radius 2 is 1.09 bits per heavy atom. The third-order valence-electron chi connectivity index (χ3n) is 9.56. The molecule has 0 saturated heterocycles. The molecule has 1 aliphatic rings. The zero-order valence-electron chi connectivity index (χ0n) is 24.9. The summed E-state index contributed by atoms with van der Waals surface area (Å²) in [4.78, 5) is 0. The van der Waals surface area contributed by atoms with E-state index in [0.717, 1.165) is 17.1 Å². The molecule has 10 rings (SSSR count). The van der Waals surface area contributed by atoms with Crippen LogP contribution >= 0.6 is 0 Å². The minimum absolute atomic E-state index is 0.902. The van der Waals surface area contributed by atoms with Gasteiger partial charge >= 0.3 is 0 Å². The normalized spacial score (nSPS) is 12.1. The van der Waals surface area contributed by atoms with Gasteiger partial charge in [0.25, 0.3) is 0 Å².